The van der Waals surface area contributed by atoms with Crippen molar-refractivity contribution >= 4 is 0 Å². The molecule has 0 rings (SSSR count). The normalized spacial score (nSPS) is 14.4. The Hall–Kier alpha value is -0.0800. The predicted molar refractivity (Wildman–Crippen MR) is 71.6 cm³/mol. The molecule has 98 valence electrons. The topological polar surface area (TPSA) is 12.5 Å². The van der Waals surface area contributed by atoms with Gasteiger partial charge in [-0.25, -0.2) is 0 Å². The van der Waals surface area contributed by atoms with Crippen LogP contribution in [0.15, 0.2) is 0 Å². The SMILES string of the molecule is CCC(C)(CC)CCC(C)COCN(C)C. The molecule has 0 aliphatic heterocycles. The van der Waals surface area contributed by atoms with Crippen LogP contribution < -0.4 is 0 Å². The first-order chi connectivity index (χ1) is 7.43. The molecule has 1 unspecified atom stereocenters. The summed E-state index contributed by atoms with van der Waals surface area (Å²) < 4.78 is 5.62. The van der Waals surface area contributed by atoms with Crippen molar-refractivity contribution in [3.63, 3.8) is 0 Å². The van der Waals surface area contributed by atoms with Crippen LogP contribution in [0.4, 0.5) is 0 Å². The molecule has 0 fully saturated rings. The second-order valence-electron chi connectivity index (χ2n) is 5.74. The van der Waals surface area contributed by atoms with Gasteiger partial charge in [0.1, 0.15) is 0 Å². The van der Waals surface area contributed by atoms with Gasteiger partial charge in [-0.05, 0) is 38.3 Å². The molecule has 0 aliphatic carbocycles. The number of ether oxygens (including phenoxy) is 1. The van der Waals surface area contributed by atoms with Crippen molar-refractivity contribution in [2.45, 2.75) is 53.4 Å². The summed E-state index contributed by atoms with van der Waals surface area (Å²) in [5.74, 6) is 0.678. The molecule has 0 aliphatic rings. The standard InChI is InChI=1S/C14H31NO/c1-7-14(4,8-2)10-9-13(3)11-16-12-15(5)6/h13H,7-12H2,1-6H3. The van der Waals surface area contributed by atoms with Gasteiger partial charge in [0.15, 0.2) is 0 Å². The highest BCUT2D eigenvalue weighted by atomic mass is 16.5. The Morgan fingerprint density at radius 2 is 1.75 bits per heavy atom. The molecule has 1 atom stereocenters. The zero-order chi connectivity index (χ0) is 12.6. The molecule has 0 heterocycles. The lowest BCUT2D eigenvalue weighted by Crippen LogP contribution is -2.20. The fraction of sp³-hybridized carbons (Fsp3) is 1.00. The van der Waals surface area contributed by atoms with E-state index in [1.165, 1.54) is 25.7 Å². The van der Waals surface area contributed by atoms with Crippen LogP contribution >= 0.6 is 0 Å². The van der Waals surface area contributed by atoms with Crippen molar-refractivity contribution in [1.29, 1.82) is 0 Å². The number of hydrogen-bond donors (Lipinski definition) is 0. The fourth-order valence-electron chi connectivity index (χ4n) is 1.72. The van der Waals surface area contributed by atoms with Crippen LogP contribution in [0.3, 0.4) is 0 Å². The minimum absolute atomic E-state index is 0.538. The van der Waals surface area contributed by atoms with Crippen molar-refractivity contribution < 1.29 is 4.74 Å². The molecule has 0 aromatic carbocycles. The summed E-state index contributed by atoms with van der Waals surface area (Å²) in [6, 6.07) is 0. The highest BCUT2D eigenvalue weighted by Gasteiger charge is 2.20. The van der Waals surface area contributed by atoms with Gasteiger partial charge < -0.3 is 4.74 Å². The van der Waals surface area contributed by atoms with E-state index in [4.69, 9.17) is 4.74 Å². The molecule has 0 aromatic heterocycles. The Morgan fingerprint density at radius 3 is 2.19 bits per heavy atom. The number of rotatable bonds is 9. The van der Waals surface area contributed by atoms with Gasteiger partial charge in [0.2, 0.25) is 0 Å². The summed E-state index contributed by atoms with van der Waals surface area (Å²) in [6.07, 6.45) is 5.18. The van der Waals surface area contributed by atoms with Gasteiger partial charge in [-0.15, -0.1) is 0 Å². The third kappa shape index (κ3) is 7.24. The zero-order valence-electron chi connectivity index (χ0n) is 12.2. The van der Waals surface area contributed by atoms with Gasteiger partial charge in [-0.3, -0.25) is 4.90 Å². The van der Waals surface area contributed by atoms with E-state index in [1.54, 1.807) is 0 Å². The van der Waals surface area contributed by atoms with Crippen molar-refractivity contribution in [1.82, 2.24) is 4.90 Å². The van der Waals surface area contributed by atoms with Crippen LogP contribution in [-0.2, 0) is 4.74 Å². The summed E-state index contributed by atoms with van der Waals surface area (Å²) in [4.78, 5) is 2.06. The first kappa shape index (κ1) is 15.9. The third-order valence-corrected chi connectivity index (χ3v) is 3.70. The van der Waals surface area contributed by atoms with Crippen LogP contribution in [0.2, 0.25) is 0 Å². The van der Waals surface area contributed by atoms with E-state index in [2.05, 4.69) is 32.6 Å². The lowest BCUT2D eigenvalue weighted by atomic mass is 9.79. The lowest BCUT2D eigenvalue weighted by molar-refractivity contribution is 0.0331. The van der Waals surface area contributed by atoms with Crippen LogP contribution in [0.25, 0.3) is 0 Å². The van der Waals surface area contributed by atoms with Gasteiger partial charge in [0.25, 0.3) is 0 Å². The van der Waals surface area contributed by atoms with Crippen LogP contribution in [0.5, 0.6) is 0 Å². The van der Waals surface area contributed by atoms with Gasteiger partial charge in [-0.1, -0.05) is 40.5 Å². The van der Waals surface area contributed by atoms with Gasteiger partial charge in [0.05, 0.1) is 13.3 Å². The van der Waals surface area contributed by atoms with E-state index in [0.717, 1.165) is 13.3 Å². The summed E-state index contributed by atoms with van der Waals surface area (Å²) in [5.41, 5.74) is 0.538. The summed E-state index contributed by atoms with van der Waals surface area (Å²) in [5, 5.41) is 0. The molecule has 0 spiro atoms. The molecule has 0 bridgehead atoms. The minimum atomic E-state index is 0.538. The molecule has 0 aromatic rings. The monoisotopic (exact) mass is 229 g/mol. The average molecular weight is 229 g/mol. The summed E-state index contributed by atoms with van der Waals surface area (Å²) >= 11 is 0. The van der Waals surface area contributed by atoms with E-state index < -0.39 is 0 Å². The van der Waals surface area contributed by atoms with Crippen molar-refractivity contribution in [2.75, 3.05) is 27.4 Å². The number of hydrogen-bond acceptors (Lipinski definition) is 2. The maximum Gasteiger partial charge on any atom is 0.0985 e. The quantitative estimate of drug-likeness (QED) is 0.558. The lowest BCUT2D eigenvalue weighted by Gasteiger charge is -2.28. The third-order valence-electron chi connectivity index (χ3n) is 3.70. The highest BCUT2D eigenvalue weighted by molar-refractivity contribution is 4.71. The van der Waals surface area contributed by atoms with E-state index in [9.17, 15) is 0 Å². The Kier molecular flexibility index (Phi) is 8.04. The van der Waals surface area contributed by atoms with Crippen LogP contribution in [0, 0.1) is 11.3 Å². The minimum Gasteiger partial charge on any atom is -0.366 e. The average Bonchev–Trinajstić information content (AvgIpc) is 2.25. The molecule has 0 saturated carbocycles. The summed E-state index contributed by atoms with van der Waals surface area (Å²) in [6.45, 7) is 10.9. The Labute approximate surface area is 102 Å². The maximum absolute atomic E-state index is 5.62. The van der Waals surface area contributed by atoms with Gasteiger partial charge in [0, 0.05) is 0 Å². The maximum atomic E-state index is 5.62. The summed E-state index contributed by atoms with van der Waals surface area (Å²) in [7, 11) is 4.08. The Balaban J connectivity index is 3.67. The highest BCUT2D eigenvalue weighted by Crippen LogP contribution is 2.32. The van der Waals surface area contributed by atoms with E-state index >= 15 is 0 Å². The second-order valence-corrected chi connectivity index (χ2v) is 5.74. The largest absolute Gasteiger partial charge is 0.366 e. The van der Waals surface area contributed by atoms with Gasteiger partial charge in [-0.2, -0.15) is 0 Å². The predicted octanol–water partition coefficient (Wildman–Crippen LogP) is 3.76. The molecular weight excluding hydrogens is 198 g/mol. The Morgan fingerprint density at radius 1 is 1.19 bits per heavy atom. The van der Waals surface area contributed by atoms with E-state index in [-0.39, 0.29) is 0 Å². The van der Waals surface area contributed by atoms with Crippen molar-refractivity contribution in [2.24, 2.45) is 11.3 Å². The molecular formula is C14H31NO. The van der Waals surface area contributed by atoms with Crippen molar-refractivity contribution in [3.05, 3.63) is 0 Å². The van der Waals surface area contributed by atoms with Crippen LogP contribution in [0.1, 0.15) is 53.4 Å². The fourth-order valence-corrected chi connectivity index (χ4v) is 1.72. The molecule has 16 heavy (non-hydrogen) atoms. The molecule has 0 radical (unpaired) electrons. The first-order valence-corrected chi connectivity index (χ1v) is 6.66. The Bertz CT molecular complexity index is 164. The van der Waals surface area contributed by atoms with Gasteiger partial charge >= 0.3 is 0 Å². The van der Waals surface area contributed by atoms with E-state index in [1.807, 2.05) is 14.1 Å². The molecule has 0 N–H and O–H groups in total. The second kappa shape index (κ2) is 8.08. The molecule has 2 nitrogen and oxygen atoms in total. The zero-order valence-corrected chi connectivity index (χ0v) is 12.2. The first-order valence-electron chi connectivity index (χ1n) is 6.66. The molecule has 0 amide bonds. The molecule has 2 heteroatoms. The molecule has 0 saturated heterocycles. The smallest absolute Gasteiger partial charge is 0.0985 e. The van der Waals surface area contributed by atoms with Crippen molar-refractivity contribution in [3.8, 4) is 0 Å². The van der Waals surface area contributed by atoms with Crippen LogP contribution in [-0.4, -0.2) is 32.3 Å². The van der Waals surface area contributed by atoms with E-state index in [0.29, 0.717) is 11.3 Å². The number of nitrogens with zero attached hydrogens (tertiary/aromatic N) is 1.